The van der Waals surface area contributed by atoms with E-state index >= 15 is 0 Å². The fourth-order valence-electron chi connectivity index (χ4n) is 4.13. The molecule has 0 spiro atoms. The third-order valence-corrected chi connectivity index (χ3v) is 7.82. The highest BCUT2D eigenvalue weighted by Crippen LogP contribution is 2.43. The summed E-state index contributed by atoms with van der Waals surface area (Å²) in [5.74, 6) is -0.209. The van der Waals surface area contributed by atoms with Crippen LogP contribution in [0.2, 0.25) is 0 Å². The predicted octanol–water partition coefficient (Wildman–Crippen LogP) is 7.62. The molecule has 0 bridgehead atoms. The molecule has 0 aromatic heterocycles. The number of hydrogen-bond acceptors (Lipinski definition) is 5. The van der Waals surface area contributed by atoms with Crippen molar-refractivity contribution in [3.05, 3.63) is 36.5 Å². The first-order valence-corrected chi connectivity index (χ1v) is 17.9. The van der Waals surface area contributed by atoms with Crippen molar-refractivity contribution in [3.63, 3.8) is 0 Å². The van der Waals surface area contributed by atoms with E-state index in [4.69, 9.17) is 9.05 Å². The van der Waals surface area contributed by atoms with E-state index < -0.39 is 20.0 Å². The van der Waals surface area contributed by atoms with E-state index in [9.17, 15) is 19.4 Å². The van der Waals surface area contributed by atoms with Gasteiger partial charge in [-0.2, -0.15) is 0 Å². The van der Waals surface area contributed by atoms with Crippen LogP contribution in [0.4, 0.5) is 0 Å². The molecular formula is C33H64N2O6P+. The molecule has 0 aromatic rings. The van der Waals surface area contributed by atoms with Crippen molar-refractivity contribution < 1.29 is 32.9 Å². The van der Waals surface area contributed by atoms with Gasteiger partial charge in [0.05, 0.1) is 39.9 Å². The topological polar surface area (TPSA) is 105 Å². The standard InChI is InChI=1S/C33H63N2O6P/c1-6-8-10-12-13-14-15-16-17-18-19-20-21-23-24-26-32(36)31(34-33(37)27-25-22-11-9-7-2)30-41-42(38,39)40-29-28-35(3,4)5/h15-16,19-20,24,26,31-32,36H,6-14,17-18,21-23,25,27-30H2,1-5H3,(H-,34,37,38,39)/p+1/b16-15+,20-19+,26-24+. The van der Waals surface area contributed by atoms with Crippen molar-refractivity contribution in [3.8, 4) is 0 Å². The number of allylic oxidation sites excluding steroid dienone is 5. The number of phosphoric ester groups is 1. The molecular weight excluding hydrogens is 551 g/mol. The van der Waals surface area contributed by atoms with Crippen LogP contribution in [0.5, 0.6) is 0 Å². The number of phosphoric acid groups is 1. The van der Waals surface area contributed by atoms with Crippen LogP contribution >= 0.6 is 7.82 Å². The minimum Gasteiger partial charge on any atom is -0.387 e. The molecule has 9 heteroatoms. The number of nitrogens with zero attached hydrogens (tertiary/aromatic N) is 1. The summed E-state index contributed by atoms with van der Waals surface area (Å²) in [6.07, 6.45) is 28.2. The summed E-state index contributed by atoms with van der Waals surface area (Å²) in [7, 11) is 1.54. The zero-order valence-electron chi connectivity index (χ0n) is 27.5. The predicted molar refractivity (Wildman–Crippen MR) is 175 cm³/mol. The van der Waals surface area contributed by atoms with E-state index in [-0.39, 0.29) is 19.1 Å². The Labute approximate surface area is 257 Å². The van der Waals surface area contributed by atoms with Crippen LogP contribution < -0.4 is 5.32 Å². The molecule has 0 saturated carbocycles. The molecule has 0 aliphatic rings. The number of quaternary nitrogens is 1. The molecule has 0 fully saturated rings. The minimum atomic E-state index is -4.32. The van der Waals surface area contributed by atoms with Gasteiger partial charge in [-0.15, -0.1) is 0 Å². The van der Waals surface area contributed by atoms with Gasteiger partial charge in [0.1, 0.15) is 13.2 Å². The Morgan fingerprint density at radius 2 is 1.31 bits per heavy atom. The van der Waals surface area contributed by atoms with Crippen molar-refractivity contribution in [2.24, 2.45) is 0 Å². The van der Waals surface area contributed by atoms with Crippen molar-refractivity contribution in [2.45, 2.75) is 129 Å². The van der Waals surface area contributed by atoms with Crippen molar-refractivity contribution in [1.82, 2.24) is 5.32 Å². The van der Waals surface area contributed by atoms with Gasteiger partial charge < -0.3 is 19.8 Å². The van der Waals surface area contributed by atoms with Gasteiger partial charge in [-0.25, -0.2) is 4.57 Å². The zero-order chi connectivity index (χ0) is 31.5. The Bertz CT molecular complexity index is 794. The number of carbonyl (C=O) groups excluding carboxylic acids is 1. The lowest BCUT2D eigenvalue weighted by Gasteiger charge is -2.25. The number of amides is 1. The van der Waals surface area contributed by atoms with Gasteiger partial charge in [-0.05, 0) is 44.9 Å². The highest BCUT2D eigenvalue weighted by atomic mass is 31.2. The first-order chi connectivity index (χ1) is 20.0. The molecule has 3 atom stereocenters. The van der Waals surface area contributed by atoms with E-state index in [0.717, 1.165) is 57.8 Å². The van der Waals surface area contributed by atoms with E-state index in [1.165, 1.54) is 38.5 Å². The SMILES string of the molecule is CCCCCCC/C=C/CC/C=C/CC/C=C/C(O)C(COP(=O)(O)OCC[N+](C)(C)C)NC(=O)CCCCCCC. The second kappa shape index (κ2) is 26.2. The molecule has 0 rings (SSSR count). The summed E-state index contributed by atoms with van der Waals surface area (Å²) in [6.45, 7) is 4.63. The quantitative estimate of drug-likeness (QED) is 0.0362. The number of nitrogens with one attached hydrogen (secondary N) is 1. The van der Waals surface area contributed by atoms with Gasteiger partial charge >= 0.3 is 7.82 Å². The van der Waals surface area contributed by atoms with Gasteiger partial charge in [0.15, 0.2) is 0 Å². The Hall–Kier alpha value is -1.28. The number of carbonyl (C=O) groups is 1. The normalized spacial score (nSPS) is 15.5. The molecule has 0 saturated heterocycles. The molecule has 0 aromatic carbocycles. The smallest absolute Gasteiger partial charge is 0.387 e. The largest absolute Gasteiger partial charge is 0.472 e. The van der Waals surface area contributed by atoms with Gasteiger partial charge in [0, 0.05) is 6.42 Å². The summed E-state index contributed by atoms with van der Waals surface area (Å²) in [5.41, 5.74) is 0. The van der Waals surface area contributed by atoms with E-state index in [1.54, 1.807) is 6.08 Å². The molecule has 246 valence electrons. The van der Waals surface area contributed by atoms with Crippen LogP contribution in [0.15, 0.2) is 36.5 Å². The van der Waals surface area contributed by atoms with Crippen LogP contribution in [-0.4, -0.2) is 73.4 Å². The lowest BCUT2D eigenvalue weighted by molar-refractivity contribution is -0.870. The maximum absolute atomic E-state index is 12.5. The molecule has 42 heavy (non-hydrogen) atoms. The Morgan fingerprint density at radius 3 is 1.88 bits per heavy atom. The Balaban J connectivity index is 4.63. The first kappa shape index (κ1) is 40.7. The Kier molecular flexibility index (Phi) is 25.4. The second-order valence-electron chi connectivity index (χ2n) is 12.2. The lowest BCUT2D eigenvalue weighted by Crippen LogP contribution is -2.45. The molecule has 1 amide bonds. The summed E-state index contributed by atoms with van der Waals surface area (Å²) in [5, 5.41) is 13.5. The zero-order valence-corrected chi connectivity index (χ0v) is 28.4. The average molecular weight is 616 g/mol. The number of aliphatic hydroxyl groups is 1. The fourth-order valence-corrected chi connectivity index (χ4v) is 4.86. The minimum absolute atomic E-state index is 0.0530. The van der Waals surface area contributed by atoms with Crippen molar-refractivity contribution >= 4 is 13.7 Å². The van der Waals surface area contributed by atoms with Crippen LogP contribution in [0.1, 0.15) is 117 Å². The number of rotatable bonds is 28. The van der Waals surface area contributed by atoms with Gasteiger partial charge in [-0.3, -0.25) is 13.8 Å². The lowest BCUT2D eigenvalue weighted by atomic mass is 10.1. The first-order valence-electron chi connectivity index (χ1n) is 16.4. The van der Waals surface area contributed by atoms with Crippen LogP contribution in [0.25, 0.3) is 0 Å². The van der Waals surface area contributed by atoms with Gasteiger partial charge in [-0.1, -0.05) is 102 Å². The second-order valence-corrected chi connectivity index (χ2v) is 13.6. The average Bonchev–Trinajstić information content (AvgIpc) is 2.92. The summed E-state index contributed by atoms with van der Waals surface area (Å²) >= 11 is 0. The highest BCUT2D eigenvalue weighted by molar-refractivity contribution is 7.47. The van der Waals surface area contributed by atoms with Crippen LogP contribution in [0.3, 0.4) is 0 Å². The monoisotopic (exact) mass is 615 g/mol. The Morgan fingerprint density at radius 1 is 0.786 bits per heavy atom. The summed E-state index contributed by atoms with van der Waals surface area (Å²) < 4.78 is 23.2. The highest BCUT2D eigenvalue weighted by Gasteiger charge is 2.27. The maximum atomic E-state index is 12.5. The number of unbranched alkanes of at least 4 members (excludes halogenated alkanes) is 11. The third kappa shape index (κ3) is 27.5. The van der Waals surface area contributed by atoms with Crippen molar-refractivity contribution in [1.29, 1.82) is 0 Å². The van der Waals surface area contributed by atoms with Crippen LogP contribution in [-0.2, 0) is 18.4 Å². The maximum Gasteiger partial charge on any atom is 0.472 e. The molecule has 8 nitrogen and oxygen atoms in total. The number of aliphatic hydroxyl groups excluding tert-OH is 1. The van der Waals surface area contributed by atoms with E-state index in [2.05, 4.69) is 43.5 Å². The summed E-state index contributed by atoms with van der Waals surface area (Å²) in [4.78, 5) is 22.6. The molecule has 0 aliphatic carbocycles. The molecule has 0 aliphatic heterocycles. The van der Waals surface area contributed by atoms with Crippen molar-refractivity contribution in [2.75, 3.05) is 40.9 Å². The van der Waals surface area contributed by atoms with E-state index in [0.29, 0.717) is 17.4 Å². The molecule has 3 unspecified atom stereocenters. The molecule has 3 N–H and O–H groups in total. The van der Waals surface area contributed by atoms with E-state index in [1.807, 2.05) is 27.2 Å². The van der Waals surface area contributed by atoms with Gasteiger partial charge in [0.25, 0.3) is 0 Å². The summed E-state index contributed by atoms with van der Waals surface area (Å²) in [6, 6.07) is -0.860. The number of hydrogen-bond donors (Lipinski definition) is 3. The van der Waals surface area contributed by atoms with Crippen LogP contribution in [0, 0.1) is 0 Å². The fraction of sp³-hybridized carbons (Fsp3) is 0.788. The van der Waals surface area contributed by atoms with Gasteiger partial charge in [0.2, 0.25) is 5.91 Å². The molecule has 0 heterocycles. The number of likely N-dealkylation sites (N-methyl/N-ethyl adjacent to an activating group) is 1. The third-order valence-electron chi connectivity index (χ3n) is 6.84. The molecule has 0 radical (unpaired) electrons.